The van der Waals surface area contributed by atoms with E-state index in [4.69, 9.17) is 10.2 Å². The van der Waals surface area contributed by atoms with Gasteiger partial charge < -0.3 is 31.3 Å². The van der Waals surface area contributed by atoms with Crippen molar-refractivity contribution < 1.29 is 44.1 Å². The number of rotatable bonds is 15. The number of aliphatic carboxylic acids is 3. The van der Waals surface area contributed by atoms with Gasteiger partial charge in [0.2, 0.25) is 11.8 Å². The van der Waals surface area contributed by atoms with Crippen LogP contribution in [0.15, 0.2) is 30.3 Å². The highest BCUT2D eigenvalue weighted by atomic mass is 16.4. The van der Waals surface area contributed by atoms with E-state index in [1.165, 1.54) is 0 Å². The summed E-state index contributed by atoms with van der Waals surface area (Å²) in [6.07, 6.45) is -0.804. The van der Waals surface area contributed by atoms with E-state index in [0.717, 1.165) is 0 Å². The van der Waals surface area contributed by atoms with Crippen LogP contribution in [-0.4, -0.2) is 69.6 Å². The maximum Gasteiger partial charge on any atom is 0.326 e. The average Bonchev–Trinajstić information content (AvgIpc) is 2.75. The number of benzene rings is 1. The maximum absolute atomic E-state index is 12.0. The minimum atomic E-state index is -1.58. The third-order valence-corrected chi connectivity index (χ3v) is 4.46. The number of nitrogens with one attached hydrogen (secondary N) is 3. The number of hydrogen-bond donors (Lipinski definition) is 6. The Kier molecular flexibility index (Phi) is 11.6. The fourth-order valence-corrected chi connectivity index (χ4v) is 2.73. The number of carboxylic acids is 3. The molecule has 1 aromatic rings. The van der Waals surface area contributed by atoms with Crippen molar-refractivity contribution in [3.8, 4) is 0 Å². The van der Waals surface area contributed by atoms with Crippen LogP contribution < -0.4 is 16.0 Å². The molecule has 0 heterocycles. The SMILES string of the molecule is O=C(O)CC[C@H](NC(=O)C[C@H](NC(=O)CCCCNC(=O)c1ccccc1)C(=O)O)C(=O)O. The molecule has 0 saturated heterocycles. The van der Waals surface area contributed by atoms with Crippen LogP contribution in [0.25, 0.3) is 0 Å². The zero-order chi connectivity index (χ0) is 24.8. The van der Waals surface area contributed by atoms with E-state index in [1.54, 1.807) is 30.3 Å². The van der Waals surface area contributed by atoms with Crippen LogP contribution >= 0.6 is 0 Å². The van der Waals surface area contributed by atoms with E-state index in [0.29, 0.717) is 24.9 Å². The monoisotopic (exact) mass is 465 g/mol. The van der Waals surface area contributed by atoms with Crippen molar-refractivity contribution in [1.82, 2.24) is 16.0 Å². The van der Waals surface area contributed by atoms with E-state index in [9.17, 15) is 33.9 Å². The first-order chi connectivity index (χ1) is 15.6. The van der Waals surface area contributed by atoms with Crippen molar-refractivity contribution in [3.05, 3.63) is 35.9 Å². The second-order valence-corrected chi connectivity index (χ2v) is 7.13. The smallest absolute Gasteiger partial charge is 0.326 e. The minimum absolute atomic E-state index is 0.0387. The number of carbonyl (C=O) groups excluding carboxylic acids is 3. The number of carboxylic acid groups (broad SMARTS) is 3. The number of hydrogen-bond acceptors (Lipinski definition) is 6. The van der Waals surface area contributed by atoms with Gasteiger partial charge in [-0.25, -0.2) is 9.59 Å². The van der Waals surface area contributed by atoms with Crippen LogP contribution in [0, 0.1) is 0 Å². The molecule has 0 aliphatic carbocycles. The molecule has 1 rings (SSSR count). The van der Waals surface area contributed by atoms with Crippen molar-refractivity contribution in [2.75, 3.05) is 6.54 Å². The molecular weight excluding hydrogens is 438 g/mol. The first-order valence-electron chi connectivity index (χ1n) is 10.2. The zero-order valence-electron chi connectivity index (χ0n) is 17.8. The van der Waals surface area contributed by atoms with Gasteiger partial charge in [0.15, 0.2) is 0 Å². The molecule has 12 heteroatoms. The lowest BCUT2D eigenvalue weighted by atomic mass is 10.1. The van der Waals surface area contributed by atoms with Gasteiger partial charge in [0, 0.05) is 24.9 Å². The molecule has 33 heavy (non-hydrogen) atoms. The number of unbranched alkanes of at least 4 members (excludes halogenated alkanes) is 1. The highest BCUT2D eigenvalue weighted by Crippen LogP contribution is 2.03. The third kappa shape index (κ3) is 11.3. The quantitative estimate of drug-likeness (QED) is 0.193. The Balaban J connectivity index is 2.39. The van der Waals surface area contributed by atoms with Crippen molar-refractivity contribution >= 4 is 35.6 Å². The van der Waals surface area contributed by atoms with Gasteiger partial charge in [-0.05, 0) is 31.4 Å². The lowest BCUT2D eigenvalue weighted by Crippen LogP contribution is -2.47. The maximum atomic E-state index is 12.0. The lowest BCUT2D eigenvalue weighted by Gasteiger charge is -2.17. The number of carbonyl (C=O) groups is 6. The predicted molar refractivity (Wildman–Crippen MR) is 113 cm³/mol. The summed E-state index contributed by atoms with van der Waals surface area (Å²) in [5.41, 5.74) is 0.505. The number of amides is 3. The van der Waals surface area contributed by atoms with Gasteiger partial charge in [0.05, 0.1) is 6.42 Å². The van der Waals surface area contributed by atoms with Crippen LogP contribution in [0.5, 0.6) is 0 Å². The molecule has 0 aromatic heterocycles. The largest absolute Gasteiger partial charge is 0.481 e. The standard InChI is InChI=1S/C21H27N3O9/c25-16(8-4-5-11-22-19(29)13-6-2-1-3-7-13)24-15(21(32)33)12-17(26)23-14(20(30)31)9-10-18(27)28/h1-3,6-7,14-15H,4-5,8-12H2,(H,22,29)(H,23,26)(H,24,25)(H,27,28)(H,30,31)(H,32,33)/t14-,15-/m0/s1. The molecule has 0 aliphatic heterocycles. The molecule has 0 bridgehead atoms. The predicted octanol–water partition coefficient (Wildman–Crippen LogP) is -0.0196. The molecule has 0 saturated carbocycles. The minimum Gasteiger partial charge on any atom is -0.481 e. The molecule has 1 aromatic carbocycles. The molecule has 0 unspecified atom stereocenters. The normalized spacial score (nSPS) is 12.1. The third-order valence-electron chi connectivity index (χ3n) is 4.46. The highest BCUT2D eigenvalue weighted by molar-refractivity contribution is 5.94. The Hall–Kier alpha value is -3.96. The van der Waals surface area contributed by atoms with Gasteiger partial charge in [-0.3, -0.25) is 19.2 Å². The molecule has 0 spiro atoms. The van der Waals surface area contributed by atoms with Crippen LogP contribution in [0.1, 0.15) is 48.9 Å². The van der Waals surface area contributed by atoms with E-state index < -0.39 is 54.6 Å². The van der Waals surface area contributed by atoms with Gasteiger partial charge in [0.25, 0.3) is 5.91 Å². The van der Waals surface area contributed by atoms with E-state index in [-0.39, 0.29) is 18.7 Å². The summed E-state index contributed by atoms with van der Waals surface area (Å²) in [6.45, 7) is 0.318. The first kappa shape index (κ1) is 27.1. The van der Waals surface area contributed by atoms with Gasteiger partial charge in [0.1, 0.15) is 12.1 Å². The van der Waals surface area contributed by atoms with Crippen LogP contribution in [0.4, 0.5) is 0 Å². The molecular formula is C21H27N3O9. The molecule has 12 nitrogen and oxygen atoms in total. The molecule has 6 N–H and O–H groups in total. The fourth-order valence-electron chi connectivity index (χ4n) is 2.73. The summed E-state index contributed by atoms with van der Waals surface area (Å²) < 4.78 is 0. The van der Waals surface area contributed by atoms with E-state index in [2.05, 4.69) is 16.0 Å². The van der Waals surface area contributed by atoms with Gasteiger partial charge in [-0.15, -0.1) is 0 Å². The summed E-state index contributed by atoms with van der Waals surface area (Å²) in [5.74, 6) is -6.01. The van der Waals surface area contributed by atoms with Gasteiger partial charge in [-0.2, -0.15) is 0 Å². The zero-order valence-corrected chi connectivity index (χ0v) is 17.8. The summed E-state index contributed by atoms with van der Waals surface area (Å²) in [5, 5.41) is 33.9. The van der Waals surface area contributed by atoms with Gasteiger partial charge >= 0.3 is 17.9 Å². The van der Waals surface area contributed by atoms with Crippen molar-refractivity contribution in [2.24, 2.45) is 0 Å². The summed E-state index contributed by atoms with van der Waals surface area (Å²) in [4.78, 5) is 69.0. The Labute approximate surface area is 189 Å². The molecule has 2 atom stereocenters. The second-order valence-electron chi connectivity index (χ2n) is 7.13. The highest BCUT2D eigenvalue weighted by Gasteiger charge is 2.26. The first-order valence-corrected chi connectivity index (χ1v) is 10.2. The average molecular weight is 465 g/mol. The summed E-state index contributed by atoms with van der Waals surface area (Å²) in [7, 11) is 0. The van der Waals surface area contributed by atoms with Crippen molar-refractivity contribution in [2.45, 2.75) is 50.6 Å². The van der Waals surface area contributed by atoms with Crippen LogP contribution in [0.2, 0.25) is 0 Å². The second kappa shape index (κ2) is 14.2. The topological polar surface area (TPSA) is 199 Å². The lowest BCUT2D eigenvalue weighted by molar-refractivity contribution is -0.145. The molecule has 0 aliphatic rings. The van der Waals surface area contributed by atoms with E-state index >= 15 is 0 Å². The summed E-state index contributed by atoms with van der Waals surface area (Å²) in [6, 6.07) is 5.50. The summed E-state index contributed by atoms with van der Waals surface area (Å²) >= 11 is 0. The van der Waals surface area contributed by atoms with E-state index in [1.807, 2.05) is 0 Å². The van der Waals surface area contributed by atoms with Crippen LogP contribution in [-0.2, 0) is 24.0 Å². The fraction of sp³-hybridized carbons (Fsp3) is 0.429. The van der Waals surface area contributed by atoms with Crippen molar-refractivity contribution in [1.29, 1.82) is 0 Å². The Morgan fingerprint density at radius 3 is 1.94 bits per heavy atom. The molecule has 3 amide bonds. The van der Waals surface area contributed by atoms with Gasteiger partial charge in [-0.1, -0.05) is 18.2 Å². The molecule has 0 fully saturated rings. The Bertz CT molecular complexity index is 858. The van der Waals surface area contributed by atoms with Crippen LogP contribution in [0.3, 0.4) is 0 Å². The van der Waals surface area contributed by atoms with Crippen molar-refractivity contribution in [3.63, 3.8) is 0 Å². The Morgan fingerprint density at radius 1 is 0.758 bits per heavy atom. The molecule has 0 radical (unpaired) electrons. The Morgan fingerprint density at radius 2 is 1.36 bits per heavy atom. The molecule has 180 valence electrons.